The zero-order chi connectivity index (χ0) is 14.1. The first-order valence-electron chi connectivity index (χ1n) is 6.82. The van der Waals surface area contributed by atoms with E-state index >= 15 is 0 Å². The van der Waals surface area contributed by atoms with Crippen LogP contribution in [0.2, 0.25) is 0 Å². The topological polar surface area (TPSA) is 38.3 Å². The Hall–Kier alpha value is -1.03. The molecule has 0 heterocycles. The molecule has 0 aliphatic heterocycles. The van der Waals surface area contributed by atoms with Gasteiger partial charge in [-0.1, -0.05) is 35.3 Å². The second-order valence-electron chi connectivity index (χ2n) is 4.35. The number of rotatable bonds is 8. The van der Waals surface area contributed by atoms with Crippen LogP contribution in [0.15, 0.2) is 18.2 Å². The van der Waals surface area contributed by atoms with Crippen molar-refractivity contribution in [1.82, 2.24) is 0 Å². The van der Waals surface area contributed by atoms with E-state index in [2.05, 4.69) is 28.2 Å². The molecule has 0 atom stereocenters. The van der Waals surface area contributed by atoms with Crippen molar-refractivity contribution >= 4 is 27.5 Å². The number of carbonyl (C=O) groups is 1. The smallest absolute Gasteiger partial charge is 0.224 e. The van der Waals surface area contributed by atoms with Crippen molar-refractivity contribution in [3.8, 4) is 5.75 Å². The van der Waals surface area contributed by atoms with E-state index in [0.29, 0.717) is 13.0 Å². The Morgan fingerprint density at radius 3 is 2.79 bits per heavy atom. The molecular weight excluding hydrogens is 306 g/mol. The van der Waals surface area contributed by atoms with Crippen LogP contribution >= 0.6 is 15.9 Å². The second-order valence-corrected chi connectivity index (χ2v) is 5.15. The predicted octanol–water partition coefficient (Wildman–Crippen LogP) is 4.15. The standard InChI is InChI=1S/C15H22BrNO2/c1-3-5-6-15(18)17-13-8-7-12(9-10-16)11-14(13)19-4-2/h7-8,11H,3-6,9-10H2,1-2H3,(H,17,18). The van der Waals surface area contributed by atoms with E-state index in [9.17, 15) is 4.79 Å². The number of alkyl halides is 1. The van der Waals surface area contributed by atoms with Gasteiger partial charge in [0.1, 0.15) is 5.75 Å². The van der Waals surface area contributed by atoms with Crippen molar-refractivity contribution in [2.75, 3.05) is 17.3 Å². The number of hydrogen-bond donors (Lipinski definition) is 1. The molecule has 106 valence electrons. The molecule has 0 saturated carbocycles. The van der Waals surface area contributed by atoms with Crippen LogP contribution in [0.5, 0.6) is 5.75 Å². The van der Waals surface area contributed by atoms with Crippen LogP contribution < -0.4 is 10.1 Å². The second kappa shape index (κ2) is 8.97. The monoisotopic (exact) mass is 327 g/mol. The molecule has 0 fully saturated rings. The van der Waals surface area contributed by atoms with Gasteiger partial charge >= 0.3 is 0 Å². The Kier molecular flexibility index (Phi) is 7.56. The van der Waals surface area contributed by atoms with Gasteiger partial charge in [-0.2, -0.15) is 0 Å². The van der Waals surface area contributed by atoms with Gasteiger partial charge in [-0.3, -0.25) is 4.79 Å². The van der Waals surface area contributed by atoms with Crippen LogP contribution in [0, 0.1) is 0 Å². The summed E-state index contributed by atoms with van der Waals surface area (Å²) in [4.78, 5) is 11.8. The summed E-state index contributed by atoms with van der Waals surface area (Å²) in [6.07, 6.45) is 3.45. The summed E-state index contributed by atoms with van der Waals surface area (Å²) in [6.45, 7) is 4.61. The van der Waals surface area contributed by atoms with E-state index in [-0.39, 0.29) is 5.91 Å². The van der Waals surface area contributed by atoms with Crippen molar-refractivity contribution in [2.24, 2.45) is 0 Å². The van der Waals surface area contributed by atoms with Crippen molar-refractivity contribution in [1.29, 1.82) is 0 Å². The minimum atomic E-state index is 0.0519. The summed E-state index contributed by atoms with van der Waals surface area (Å²) in [5, 5.41) is 3.84. The fourth-order valence-corrected chi connectivity index (χ4v) is 2.22. The fraction of sp³-hybridized carbons (Fsp3) is 0.533. The number of unbranched alkanes of at least 4 members (excludes halogenated alkanes) is 1. The molecule has 0 unspecified atom stereocenters. The van der Waals surface area contributed by atoms with Crippen molar-refractivity contribution in [3.63, 3.8) is 0 Å². The van der Waals surface area contributed by atoms with Gasteiger partial charge in [0.15, 0.2) is 0 Å². The highest BCUT2D eigenvalue weighted by Crippen LogP contribution is 2.26. The first-order valence-corrected chi connectivity index (χ1v) is 7.95. The van der Waals surface area contributed by atoms with Crippen LogP contribution in [0.25, 0.3) is 0 Å². The highest BCUT2D eigenvalue weighted by Gasteiger charge is 2.08. The molecule has 1 amide bonds. The maximum absolute atomic E-state index is 11.8. The lowest BCUT2D eigenvalue weighted by molar-refractivity contribution is -0.116. The number of halogens is 1. The van der Waals surface area contributed by atoms with Gasteiger partial charge in [0.25, 0.3) is 0 Å². The van der Waals surface area contributed by atoms with Crippen LogP contribution in [0.4, 0.5) is 5.69 Å². The van der Waals surface area contributed by atoms with Gasteiger partial charge in [-0.25, -0.2) is 0 Å². The third kappa shape index (κ3) is 5.64. The van der Waals surface area contributed by atoms with E-state index in [4.69, 9.17) is 4.74 Å². The molecule has 0 spiro atoms. The molecule has 0 aliphatic rings. The van der Waals surface area contributed by atoms with E-state index in [1.165, 1.54) is 5.56 Å². The molecule has 1 rings (SSSR count). The summed E-state index contributed by atoms with van der Waals surface area (Å²) in [7, 11) is 0. The van der Waals surface area contributed by atoms with Crippen LogP contribution in [0.1, 0.15) is 38.7 Å². The maximum atomic E-state index is 11.8. The van der Waals surface area contributed by atoms with Gasteiger partial charge in [-0.15, -0.1) is 0 Å². The lowest BCUT2D eigenvalue weighted by atomic mass is 10.1. The summed E-state index contributed by atoms with van der Waals surface area (Å²) in [5.74, 6) is 0.807. The van der Waals surface area contributed by atoms with Crippen LogP contribution in [-0.2, 0) is 11.2 Å². The number of amides is 1. The highest BCUT2D eigenvalue weighted by atomic mass is 79.9. The average molecular weight is 328 g/mol. The molecule has 0 radical (unpaired) electrons. The number of ether oxygens (including phenoxy) is 1. The number of hydrogen-bond acceptors (Lipinski definition) is 2. The summed E-state index contributed by atoms with van der Waals surface area (Å²) >= 11 is 3.43. The Labute approximate surface area is 123 Å². The molecule has 0 bridgehead atoms. The third-order valence-corrected chi connectivity index (χ3v) is 3.16. The zero-order valence-electron chi connectivity index (χ0n) is 11.7. The zero-order valence-corrected chi connectivity index (χ0v) is 13.3. The number of carbonyl (C=O) groups excluding carboxylic acids is 1. The molecule has 1 N–H and O–H groups in total. The van der Waals surface area contributed by atoms with Gasteiger partial charge in [0.05, 0.1) is 12.3 Å². The van der Waals surface area contributed by atoms with Gasteiger partial charge in [-0.05, 0) is 37.5 Å². The molecule has 1 aromatic carbocycles. The predicted molar refractivity (Wildman–Crippen MR) is 83.3 cm³/mol. The summed E-state index contributed by atoms with van der Waals surface area (Å²) in [5.41, 5.74) is 1.97. The normalized spacial score (nSPS) is 10.3. The molecule has 4 heteroatoms. The van der Waals surface area contributed by atoms with Crippen molar-refractivity contribution < 1.29 is 9.53 Å². The first kappa shape index (κ1) is 16.0. The molecule has 3 nitrogen and oxygen atoms in total. The molecule has 1 aromatic rings. The van der Waals surface area contributed by atoms with Crippen LogP contribution in [-0.4, -0.2) is 17.8 Å². The Balaban J connectivity index is 2.77. The molecule has 0 saturated heterocycles. The number of aryl methyl sites for hydroxylation is 1. The molecule has 0 aromatic heterocycles. The van der Waals surface area contributed by atoms with Gasteiger partial charge in [0.2, 0.25) is 5.91 Å². The third-order valence-electron chi connectivity index (χ3n) is 2.76. The van der Waals surface area contributed by atoms with Crippen molar-refractivity contribution in [3.05, 3.63) is 23.8 Å². The quantitative estimate of drug-likeness (QED) is 0.728. The molecule has 0 aliphatic carbocycles. The van der Waals surface area contributed by atoms with Gasteiger partial charge < -0.3 is 10.1 Å². The number of anilines is 1. The Morgan fingerprint density at radius 1 is 1.37 bits per heavy atom. The first-order chi connectivity index (χ1) is 9.21. The molecular formula is C15H22BrNO2. The lowest BCUT2D eigenvalue weighted by Gasteiger charge is -2.13. The Bertz CT molecular complexity index is 407. The SMILES string of the molecule is CCCCC(=O)Nc1ccc(CCBr)cc1OCC. The summed E-state index contributed by atoms with van der Waals surface area (Å²) in [6, 6.07) is 5.95. The average Bonchev–Trinajstić information content (AvgIpc) is 2.40. The van der Waals surface area contributed by atoms with E-state index < -0.39 is 0 Å². The minimum absolute atomic E-state index is 0.0519. The van der Waals surface area contributed by atoms with Crippen LogP contribution in [0.3, 0.4) is 0 Å². The van der Waals surface area contributed by atoms with E-state index in [1.54, 1.807) is 0 Å². The Morgan fingerprint density at radius 2 is 2.16 bits per heavy atom. The summed E-state index contributed by atoms with van der Waals surface area (Å²) < 4.78 is 5.60. The minimum Gasteiger partial charge on any atom is -0.492 e. The maximum Gasteiger partial charge on any atom is 0.224 e. The van der Waals surface area contributed by atoms with E-state index in [0.717, 1.165) is 36.0 Å². The molecule has 19 heavy (non-hydrogen) atoms. The van der Waals surface area contributed by atoms with Crippen molar-refractivity contribution in [2.45, 2.75) is 39.5 Å². The lowest BCUT2D eigenvalue weighted by Crippen LogP contribution is -2.12. The number of benzene rings is 1. The largest absolute Gasteiger partial charge is 0.492 e. The van der Waals surface area contributed by atoms with Gasteiger partial charge in [0, 0.05) is 11.8 Å². The van der Waals surface area contributed by atoms with E-state index in [1.807, 2.05) is 25.1 Å². The highest BCUT2D eigenvalue weighted by molar-refractivity contribution is 9.09. The number of nitrogens with one attached hydrogen (secondary N) is 1. The fourth-order valence-electron chi connectivity index (χ4n) is 1.76.